The van der Waals surface area contributed by atoms with E-state index >= 15 is 0 Å². The van der Waals surface area contributed by atoms with E-state index in [0.29, 0.717) is 6.04 Å². The van der Waals surface area contributed by atoms with E-state index < -0.39 is 0 Å². The summed E-state index contributed by atoms with van der Waals surface area (Å²) in [4.78, 5) is 2.44. The predicted molar refractivity (Wildman–Crippen MR) is 60.2 cm³/mol. The van der Waals surface area contributed by atoms with Crippen LogP contribution in [0.1, 0.15) is 39.5 Å². The molecule has 0 saturated carbocycles. The van der Waals surface area contributed by atoms with Crippen LogP contribution in [0, 0.1) is 0 Å². The molecule has 0 fully saturated rings. The number of unbranched alkanes of at least 4 members (excludes halogenated alkanes) is 1. The third-order valence-corrected chi connectivity index (χ3v) is 2.56. The highest BCUT2D eigenvalue weighted by molar-refractivity contribution is 4.59. The molecule has 1 atom stereocenters. The van der Waals surface area contributed by atoms with Gasteiger partial charge in [-0.15, -0.1) is 0 Å². The lowest BCUT2D eigenvalue weighted by molar-refractivity contribution is 0.314. The molecule has 2 nitrogen and oxygen atoms in total. The molecule has 0 aromatic rings. The maximum Gasteiger partial charge on any atom is 0.00362 e. The highest BCUT2D eigenvalue weighted by Gasteiger charge is 2.00. The highest BCUT2D eigenvalue weighted by Crippen LogP contribution is 1.99. The van der Waals surface area contributed by atoms with Gasteiger partial charge in [-0.05, 0) is 53.4 Å². The van der Waals surface area contributed by atoms with E-state index in [4.69, 9.17) is 0 Å². The number of nitrogens with zero attached hydrogens (tertiary/aromatic N) is 1. The summed E-state index contributed by atoms with van der Waals surface area (Å²) in [5.74, 6) is 0. The molecule has 0 amide bonds. The van der Waals surface area contributed by atoms with Gasteiger partial charge < -0.3 is 10.2 Å². The zero-order valence-corrected chi connectivity index (χ0v) is 9.77. The van der Waals surface area contributed by atoms with E-state index in [0.717, 1.165) is 0 Å². The average molecular weight is 186 g/mol. The van der Waals surface area contributed by atoms with Gasteiger partial charge in [-0.25, -0.2) is 0 Å². The molecule has 1 unspecified atom stereocenters. The van der Waals surface area contributed by atoms with Gasteiger partial charge in [-0.1, -0.05) is 13.3 Å². The Hall–Kier alpha value is -0.0800. The molecule has 0 aliphatic rings. The van der Waals surface area contributed by atoms with Gasteiger partial charge in [0.2, 0.25) is 0 Å². The zero-order chi connectivity index (χ0) is 10.1. The highest BCUT2D eigenvalue weighted by atomic mass is 15.1. The fourth-order valence-corrected chi connectivity index (χ4v) is 1.35. The van der Waals surface area contributed by atoms with Crippen LogP contribution < -0.4 is 5.32 Å². The zero-order valence-electron chi connectivity index (χ0n) is 9.77. The van der Waals surface area contributed by atoms with Crippen LogP contribution in [0.25, 0.3) is 0 Å². The van der Waals surface area contributed by atoms with E-state index in [1.165, 1.54) is 38.8 Å². The van der Waals surface area contributed by atoms with Crippen molar-refractivity contribution >= 4 is 0 Å². The normalized spacial score (nSPS) is 13.6. The Kier molecular flexibility index (Phi) is 8.46. The van der Waals surface area contributed by atoms with Crippen molar-refractivity contribution < 1.29 is 0 Å². The second-order valence-corrected chi connectivity index (χ2v) is 3.99. The summed E-state index contributed by atoms with van der Waals surface area (Å²) in [5.41, 5.74) is 0. The van der Waals surface area contributed by atoms with Crippen LogP contribution in [0.5, 0.6) is 0 Å². The SMILES string of the molecule is CCCCN(C)CCCC(C)NC. The summed E-state index contributed by atoms with van der Waals surface area (Å²) in [6, 6.07) is 0.666. The molecule has 0 aliphatic heterocycles. The second-order valence-electron chi connectivity index (χ2n) is 3.99. The van der Waals surface area contributed by atoms with E-state index in [-0.39, 0.29) is 0 Å². The fraction of sp³-hybridized carbons (Fsp3) is 1.00. The molecule has 2 heteroatoms. The maximum absolute atomic E-state index is 3.26. The van der Waals surface area contributed by atoms with Crippen molar-refractivity contribution in [3.8, 4) is 0 Å². The molecule has 0 spiro atoms. The molecular weight excluding hydrogens is 160 g/mol. The van der Waals surface area contributed by atoms with Crippen LogP contribution in [0.15, 0.2) is 0 Å². The molecule has 0 rings (SSSR count). The first-order valence-corrected chi connectivity index (χ1v) is 5.56. The van der Waals surface area contributed by atoms with Crippen LogP contribution in [-0.4, -0.2) is 38.1 Å². The summed E-state index contributed by atoms with van der Waals surface area (Å²) >= 11 is 0. The number of hydrogen-bond donors (Lipinski definition) is 1. The molecule has 80 valence electrons. The van der Waals surface area contributed by atoms with Gasteiger partial charge in [0, 0.05) is 6.04 Å². The van der Waals surface area contributed by atoms with E-state index in [1.54, 1.807) is 0 Å². The number of nitrogens with one attached hydrogen (secondary N) is 1. The average Bonchev–Trinajstić information content (AvgIpc) is 2.14. The summed E-state index contributed by atoms with van der Waals surface area (Å²) < 4.78 is 0. The number of rotatable bonds is 8. The lowest BCUT2D eigenvalue weighted by Gasteiger charge is -2.17. The van der Waals surface area contributed by atoms with E-state index in [2.05, 4.69) is 31.1 Å². The molecule has 0 aliphatic carbocycles. The molecule has 0 bridgehead atoms. The first kappa shape index (κ1) is 12.9. The molecule has 0 radical (unpaired) electrons. The predicted octanol–water partition coefficient (Wildman–Crippen LogP) is 2.11. The Labute approximate surface area is 83.7 Å². The van der Waals surface area contributed by atoms with Crippen molar-refractivity contribution in [1.29, 1.82) is 0 Å². The summed E-state index contributed by atoms with van der Waals surface area (Å²) in [5, 5.41) is 3.26. The maximum atomic E-state index is 3.26. The van der Waals surface area contributed by atoms with Gasteiger partial charge in [0.05, 0.1) is 0 Å². The second kappa shape index (κ2) is 8.52. The Morgan fingerprint density at radius 2 is 1.85 bits per heavy atom. The smallest absolute Gasteiger partial charge is 0.00362 e. The minimum absolute atomic E-state index is 0.666. The molecule has 0 saturated heterocycles. The first-order chi connectivity index (χ1) is 6.20. The molecule has 13 heavy (non-hydrogen) atoms. The van der Waals surface area contributed by atoms with Crippen molar-refractivity contribution in [1.82, 2.24) is 10.2 Å². The van der Waals surface area contributed by atoms with Gasteiger partial charge in [0.15, 0.2) is 0 Å². The standard InChI is InChI=1S/C11H26N2/c1-5-6-9-13(4)10-7-8-11(2)12-3/h11-12H,5-10H2,1-4H3. The largest absolute Gasteiger partial charge is 0.317 e. The van der Waals surface area contributed by atoms with Gasteiger partial charge in [-0.3, -0.25) is 0 Å². The Balaban J connectivity index is 3.21. The van der Waals surface area contributed by atoms with Crippen molar-refractivity contribution in [3.63, 3.8) is 0 Å². The van der Waals surface area contributed by atoms with Crippen LogP contribution in [0.4, 0.5) is 0 Å². The van der Waals surface area contributed by atoms with Gasteiger partial charge in [-0.2, -0.15) is 0 Å². The fourth-order valence-electron chi connectivity index (χ4n) is 1.35. The molecule has 0 aromatic carbocycles. The Morgan fingerprint density at radius 3 is 2.38 bits per heavy atom. The van der Waals surface area contributed by atoms with Gasteiger partial charge in [0.1, 0.15) is 0 Å². The van der Waals surface area contributed by atoms with E-state index in [1.807, 2.05) is 7.05 Å². The van der Waals surface area contributed by atoms with E-state index in [9.17, 15) is 0 Å². The Morgan fingerprint density at radius 1 is 1.23 bits per heavy atom. The molecular formula is C11H26N2. The monoisotopic (exact) mass is 186 g/mol. The van der Waals surface area contributed by atoms with Crippen LogP contribution in [0.3, 0.4) is 0 Å². The lowest BCUT2D eigenvalue weighted by atomic mass is 10.2. The third-order valence-electron chi connectivity index (χ3n) is 2.56. The quantitative estimate of drug-likeness (QED) is 0.624. The van der Waals surface area contributed by atoms with Gasteiger partial charge in [0.25, 0.3) is 0 Å². The number of hydrogen-bond acceptors (Lipinski definition) is 2. The Bertz CT molecular complexity index is 104. The molecule has 0 heterocycles. The summed E-state index contributed by atoms with van der Waals surface area (Å²) in [6.45, 7) is 6.99. The lowest BCUT2D eigenvalue weighted by Crippen LogP contribution is -2.25. The van der Waals surface area contributed by atoms with Crippen molar-refractivity contribution in [2.24, 2.45) is 0 Å². The van der Waals surface area contributed by atoms with Crippen LogP contribution in [-0.2, 0) is 0 Å². The summed E-state index contributed by atoms with van der Waals surface area (Å²) in [6.07, 6.45) is 5.23. The summed E-state index contributed by atoms with van der Waals surface area (Å²) in [7, 11) is 4.26. The van der Waals surface area contributed by atoms with Crippen molar-refractivity contribution in [2.45, 2.75) is 45.6 Å². The molecule has 0 aromatic heterocycles. The first-order valence-electron chi connectivity index (χ1n) is 5.56. The minimum atomic E-state index is 0.666. The van der Waals surface area contributed by atoms with Crippen LogP contribution in [0.2, 0.25) is 0 Å². The molecule has 1 N–H and O–H groups in total. The third kappa shape index (κ3) is 8.26. The van der Waals surface area contributed by atoms with Crippen molar-refractivity contribution in [2.75, 3.05) is 27.2 Å². The topological polar surface area (TPSA) is 15.3 Å². The van der Waals surface area contributed by atoms with Gasteiger partial charge >= 0.3 is 0 Å². The van der Waals surface area contributed by atoms with Crippen molar-refractivity contribution in [3.05, 3.63) is 0 Å². The minimum Gasteiger partial charge on any atom is -0.317 e. The van der Waals surface area contributed by atoms with Crippen LogP contribution >= 0.6 is 0 Å².